The molecule has 0 radical (unpaired) electrons. The third-order valence-electron chi connectivity index (χ3n) is 2.85. The van der Waals surface area contributed by atoms with Gasteiger partial charge in [0.05, 0.1) is 0 Å². The lowest BCUT2D eigenvalue weighted by atomic mass is 10.1. The average molecular weight is 218 g/mol. The van der Waals surface area contributed by atoms with Gasteiger partial charge in [0, 0.05) is 0 Å². The highest BCUT2D eigenvalue weighted by atomic mass is 14.0. The van der Waals surface area contributed by atoms with Crippen molar-refractivity contribution in [2.75, 3.05) is 0 Å². The van der Waals surface area contributed by atoms with Crippen LogP contribution in [0.2, 0.25) is 0 Å². The van der Waals surface area contributed by atoms with E-state index in [-0.39, 0.29) is 0 Å². The van der Waals surface area contributed by atoms with E-state index in [4.69, 9.17) is 0 Å². The molecule has 0 aromatic carbocycles. The van der Waals surface area contributed by atoms with E-state index in [1.807, 2.05) is 6.08 Å². The van der Waals surface area contributed by atoms with Crippen molar-refractivity contribution in [2.45, 2.75) is 53.4 Å². The third-order valence-corrected chi connectivity index (χ3v) is 2.85. The minimum atomic E-state index is 1.03. The molecule has 0 N–H and O–H groups in total. The molecule has 0 unspecified atom stereocenters. The minimum absolute atomic E-state index is 1.03. The summed E-state index contributed by atoms with van der Waals surface area (Å²) in [5.41, 5.74) is 4.39. The van der Waals surface area contributed by atoms with Crippen LogP contribution < -0.4 is 0 Å². The van der Waals surface area contributed by atoms with Crippen LogP contribution in [0.25, 0.3) is 0 Å². The van der Waals surface area contributed by atoms with Gasteiger partial charge in [-0.25, -0.2) is 0 Å². The molecule has 0 aliphatic carbocycles. The van der Waals surface area contributed by atoms with Crippen LogP contribution in [0.5, 0.6) is 0 Å². The molecule has 0 heteroatoms. The lowest BCUT2D eigenvalue weighted by molar-refractivity contribution is 1.01. The van der Waals surface area contributed by atoms with Gasteiger partial charge in [0.2, 0.25) is 0 Å². The molecule has 0 nitrogen and oxygen atoms in total. The highest BCUT2D eigenvalue weighted by molar-refractivity contribution is 5.12. The molecule has 0 aromatic rings. The summed E-state index contributed by atoms with van der Waals surface area (Å²) in [6.07, 6.45) is 13.1. The Morgan fingerprint density at radius 1 is 1.06 bits per heavy atom. The van der Waals surface area contributed by atoms with Crippen molar-refractivity contribution < 1.29 is 0 Å². The Hall–Kier alpha value is -1.04. The predicted molar refractivity (Wildman–Crippen MR) is 75.6 cm³/mol. The smallest absolute Gasteiger partial charge is 0.0139 e. The van der Waals surface area contributed by atoms with E-state index in [9.17, 15) is 0 Å². The summed E-state index contributed by atoms with van der Waals surface area (Å²) in [6.45, 7) is 12.5. The fourth-order valence-electron chi connectivity index (χ4n) is 1.35. The maximum Gasteiger partial charge on any atom is -0.0139 e. The Balaban J connectivity index is 4.01. The molecule has 0 aliphatic rings. The van der Waals surface area contributed by atoms with Crippen LogP contribution in [0, 0.1) is 0 Å². The monoisotopic (exact) mass is 218 g/mol. The predicted octanol–water partition coefficient (Wildman–Crippen LogP) is 5.59. The molecule has 0 heterocycles. The topological polar surface area (TPSA) is 0 Å². The maximum absolute atomic E-state index is 3.77. The van der Waals surface area contributed by atoms with E-state index in [2.05, 4.69) is 52.5 Å². The van der Waals surface area contributed by atoms with Crippen molar-refractivity contribution in [3.8, 4) is 0 Å². The second kappa shape index (κ2) is 9.21. The van der Waals surface area contributed by atoms with Gasteiger partial charge in [-0.05, 0) is 46.5 Å². The van der Waals surface area contributed by atoms with Crippen LogP contribution in [0.3, 0.4) is 0 Å². The Kier molecular flexibility index (Phi) is 8.61. The van der Waals surface area contributed by atoms with E-state index in [0.717, 1.165) is 25.7 Å². The normalized spacial score (nSPS) is 11.9. The fraction of sp³-hybridized carbons (Fsp3) is 0.500. The van der Waals surface area contributed by atoms with Gasteiger partial charge in [-0.15, -0.1) is 6.58 Å². The summed E-state index contributed by atoms with van der Waals surface area (Å²) in [5, 5.41) is 0. The van der Waals surface area contributed by atoms with Gasteiger partial charge >= 0.3 is 0 Å². The molecule has 16 heavy (non-hydrogen) atoms. The quantitative estimate of drug-likeness (QED) is 0.488. The molecule has 0 fully saturated rings. The second-order valence-electron chi connectivity index (χ2n) is 4.40. The lowest BCUT2D eigenvalue weighted by Gasteiger charge is -1.99. The summed E-state index contributed by atoms with van der Waals surface area (Å²) in [7, 11) is 0. The summed E-state index contributed by atoms with van der Waals surface area (Å²) < 4.78 is 0. The van der Waals surface area contributed by atoms with Crippen molar-refractivity contribution in [1.82, 2.24) is 0 Å². The SMILES string of the molecule is C=CCC(=CCC=CCC(C)=C(C)C)CC. The first kappa shape index (κ1) is 15.0. The molecular formula is C16H26. The van der Waals surface area contributed by atoms with E-state index in [1.54, 1.807) is 0 Å². The highest BCUT2D eigenvalue weighted by Gasteiger charge is 1.89. The molecular weight excluding hydrogens is 192 g/mol. The number of hydrogen-bond donors (Lipinski definition) is 0. The molecule has 0 rings (SSSR count). The molecule has 0 aromatic heterocycles. The van der Waals surface area contributed by atoms with Gasteiger partial charge in [0.25, 0.3) is 0 Å². The third kappa shape index (κ3) is 7.28. The number of hydrogen-bond acceptors (Lipinski definition) is 0. The fourth-order valence-corrected chi connectivity index (χ4v) is 1.35. The van der Waals surface area contributed by atoms with Gasteiger partial charge in [-0.2, -0.15) is 0 Å². The molecule has 0 amide bonds. The van der Waals surface area contributed by atoms with Gasteiger partial charge in [-0.1, -0.05) is 47.9 Å². The van der Waals surface area contributed by atoms with Crippen LogP contribution >= 0.6 is 0 Å². The van der Waals surface area contributed by atoms with Crippen LogP contribution in [-0.4, -0.2) is 0 Å². The van der Waals surface area contributed by atoms with Crippen molar-refractivity contribution >= 4 is 0 Å². The summed E-state index contributed by atoms with van der Waals surface area (Å²) >= 11 is 0. The lowest BCUT2D eigenvalue weighted by Crippen LogP contribution is -1.79. The first-order valence-electron chi connectivity index (χ1n) is 6.18. The zero-order valence-corrected chi connectivity index (χ0v) is 11.3. The van der Waals surface area contributed by atoms with Crippen LogP contribution in [-0.2, 0) is 0 Å². The van der Waals surface area contributed by atoms with Gasteiger partial charge < -0.3 is 0 Å². The standard InChI is InChI=1S/C16H26/c1-6-11-16(7-2)13-10-8-9-12-15(5)14(3)4/h6,8-9,13H,1,7,10-12H2,2-5H3. The summed E-state index contributed by atoms with van der Waals surface area (Å²) in [6, 6.07) is 0. The first-order chi connectivity index (χ1) is 7.61. The van der Waals surface area contributed by atoms with Crippen molar-refractivity contribution in [2.24, 2.45) is 0 Å². The average Bonchev–Trinajstić information content (AvgIpc) is 2.26. The number of allylic oxidation sites excluding steroid dienone is 7. The summed E-state index contributed by atoms with van der Waals surface area (Å²) in [4.78, 5) is 0. The van der Waals surface area contributed by atoms with E-state index < -0.39 is 0 Å². The summed E-state index contributed by atoms with van der Waals surface area (Å²) in [5.74, 6) is 0. The zero-order valence-electron chi connectivity index (χ0n) is 11.3. The molecule has 0 aliphatic heterocycles. The first-order valence-corrected chi connectivity index (χ1v) is 6.18. The highest BCUT2D eigenvalue weighted by Crippen LogP contribution is 2.10. The molecule has 0 bridgehead atoms. The Bertz CT molecular complexity index is 283. The van der Waals surface area contributed by atoms with Gasteiger partial charge in [-0.3, -0.25) is 0 Å². The largest absolute Gasteiger partial charge is 0.103 e. The molecule has 0 spiro atoms. The second-order valence-corrected chi connectivity index (χ2v) is 4.40. The van der Waals surface area contributed by atoms with Crippen LogP contribution in [0.1, 0.15) is 53.4 Å². The number of rotatable bonds is 7. The van der Waals surface area contributed by atoms with Crippen LogP contribution in [0.4, 0.5) is 0 Å². The maximum atomic E-state index is 3.77. The van der Waals surface area contributed by atoms with Crippen molar-refractivity contribution in [3.63, 3.8) is 0 Å². The molecule has 0 atom stereocenters. The molecule has 0 saturated carbocycles. The van der Waals surface area contributed by atoms with Crippen molar-refractivity contribution in [1.29, 1.82) is 0 Å². The van der Waals surface area contributed by atoms with E-state index in [0.29, 0.717) is 0 Å². The molecule has 0 saturated heterocycles. The van der Waals surface area contributed by atoms with Crippen LogP contribution in [0.15, 0.2) is 47.6 Å². The van der Waals surface area contributed by atoms with Crippen molar-refractivity contribution in [3.05, 3.63) is 47.6 Å². The van der Waals surface area contributed by atoms with Gasteiger partial charge in [0.15, 0.2) is 0 Å². The zero-order chi connectivity index (χ0) is 12.4. The Labute approximate surface area is 101 Å². The van der Waals surface area contributed by atoms with Gasteiger partial charge in [0.1, 0.15) is 0 Å². The van der Waals surface area contributed by atoms with E-state index >= 15 is 0 Å². The Morgan fingerprint density at radius 2 is 1.75 bits per heavy atom. The Morgan fingerprint density at radius 3 is 2.25 bits per heavy atom. The molecule has 90 valence electrons. The minimum Gasteiger partial charge on any atom is -0.103 e. The van der Waals surface area contributed by atoms with E-state index in [1.165, 1.54) is 16.7 Å².